The molecule has 158 valence electrons. The summed E-state index contributed by atoms with van der Waals surface area (Å²) in [6.45, 7) is 2.60. The van der Waals surface area contributed by atoms with Crippen molar-refractivity contribution in [2.75, 3.05) is 11.9 Å². The van der Waals surface area contributed by atoms with Gasteiger partial charge in [-0.05, 0) is 58.8 Å². The SMILES string of the molecule is CCOc1ccc([C@@H]2Oc3ccccc3C3=C2[C@H](c2cccnc2)n2nnnc2N3)cc1. The summed E-state index contributed by atoms with van der Waals surface area (Å²) in [5.41, 5.74) is 4.96. The third-order valence-corrected chi connectivity index (χ3v) is 5.74. The van der Waals surface area contributed by atoms with Gasteiger partial charge in [0.2, 0.25) is 5.95 Å². The molecule has 8 nitrogen and oxygen atoms in total. The Labute approximate surface area is 184 Å². The number of ether oxygens (including phenoxy) is 2. The number of tetrazole rings is 1. The first kappa shape index (κ1) is 18.6. The summed E-state index contributed by atoms with van der Waals surface area (Å²) >= 11 is 0. The summed E-state index contributed by atoms with van der Waals surface area (Å²) < 4.78 is 14.0. The first-order valence-electron chi connectivity index (χ1n) is 10.5. The van der Waals surface area contributed by atoms with Crippen molar-refractivity contribution in [3.05, 3.63) is 95.3 Å². The second kappa shape index (κ2) is 7.49. The Morgan fingerprint density at radius 2 is 1.91 bits per heavy atom. The Bertz CT molecular complexity index is 1300. The van der Waals surface area contributed by atoms with E-state index in [2.05, 4.69) is 25.8 Å². The molecule has 2 atom stereocenters. The van der Waals surface area contributed by atoms with Crippen molar-refractivity contribution in [1.82, 2.24) is 25.2 Å². The van der Waals surface area contributed by atoms with Gasteiger partial charge >= 0.3 is 0 Å². The second-order valence-electron chi connectivity index (χ2n) is 7.59. The number of rotatable bonds is 4. The van der Waals surface area contributed by atoms with Crippen LogP contribution in [-0.4, -0.2) is 31.8 Å². The summed E-state index contributed by atoms with van der Waals surface area (Å²) in [5.74, 6) is 2.22. The monoisotopic (exact) mass is 424 g/mol. The molecule has 0 fully saturated rings. The highest BCUT2D eigenvalue weighted by Crippen LogP contribution is 2.50. The van der Waals surface area contributed by atoms with Crippen LogP contribution in [-0.2, 0) is 0 Å². The molecule has 2 aromatic heterocycles. The Kier molecular flexibility index (Phi) is 4.34. The molecule has 4 aromatic rings. The maximum absolute atomic E-state index is 6.59. The first-order valence-corrected chi connectivity index (χ1v) is 10.5. The smallest absolute Gasteiger partial charge is 0.248 e. The van der Waals surface area contributed by atoms with Crippen molar-refractivity contribution in [3.63, 3.8) is 0 Å². The quantitative estimate of drug-likeness (QED) is 0.529. The van der Waals surface area contributed by atoms with Crippen LogP contribution in [0.3, 0.4) is 0 Å². The minimum atomic E-state index is -0.342. The lowest BCUT2D eigenvalue weighted by molar-refractivity contribution is 0.222. The minimum Gasteiger partial charge on any atom is -0.494 e. The topological polar surface area (TPSA) is 87.0 Å². The van der Waals surface area contributed by atoms with Crippen molar-refractivity contribution in [3.8, 4) is 11.5 Å². The zero-order chi connectivity index (χ0) is 21.5. The second-order valence-corrected chi connectivity index (χ2v) is 7.59. The van der Waals surface area contributed by atoms with Crippen LogP contribution in [0.5, 0.6) is 11.5 Å². The van der Waals surface area contributed by atoms with Gasteiger partial charge in [-0.3, -0.25) is 4.98 Å². The highest BCUT2D eigenvalue weighted by molar-refractivity contribution is 5.85. The van der Waals surface area contributed by atoms with Crippen LogP contribution in [0.1, 0.15) is 35.8 Å². The average Bonchev–Trinajstić information content (AvgIpc) is 3.32. The van der Waals surface area contributed by atoms with Gasteiger partial charge in [-0.25, -0.2) is 0 Å². The maximum atomic E-state index is 6.59. The fourth-order valence-corrected chi connectivity index (χ4v) is 4.38. The van der Waals surface area contributed by atoms with E-state index in [1.807, 2.05) is 73.8 Å². The van der Waals surface area contributed by atoms with Gasteiger partial charge in [-0.2, -0.15) is 4.68 Å². The van der Waals surface area contributed by atoms with Gasteiger partial charge in [-0.15, -0.1) is 0 Å². The van der Waals surface area contributed by atoms with E-state index in [-0.39, 0.29) is 12.1 Å². The molecule has 1 N–H and O–H groups in total. The number of pyridine rings is 1. The molecule has 0 saturated carbocycles. The highest BCUT2D eigenvalue weighted by atomic mass is 16.5. The fraction of sp³-hybridized carbons (Fsp3) is 0.167. The minimum absolute atomic E-state index is 0.269. The fourth-order valence-electron chi connectivity index (χ4n) is 4.38. The van der Waals surface area contributed by atoms with Crippen LogP contribution in [0, 0.1) is 0 Å². The molecule has 0 aliphatic carbocycles. The Balaban J connectivity index is 1.57. The average molecular weight is 424 g/mol. The lowest BCUT2D eigenvalue weighted by Gasteiger charge is -2.38. The third-order valence-electron chi connectivity index (χ3n) is 5.74. The number of hydrogen-bond donors (Lipinski definition) is 1. The van der Waals surface area contributed by atoms with Crippen molar-refractivity contribution >= 4 is 11.6 Å². The molecular formula is C24H20N6O2. The molecule has 0 radical (unpaired) electrons. The molecule has 2 aliphatic rings. The normalized spacial score (nSPS) is 18.7. The van der Waals surface area contributed by atoms with Crippen LogP contribution < -0.4 is 14.8 Å². The summed E-state index contributed by atoms with van der Waals surface area (Å²) in [5, 5.41) is 15.9. The molecule has 6 rings (SSSR count). The van der Waals surface area contributed by atoms with Gasteiger partial charge in [0.15, 0.2) is 0 Å². The van der Waals surface area contributed by atoms with E-state index in [0.717, 1.165) is 39.5 Å². The first-order chi connectivity index (χ1) is 15.8. The van der Waals surface area contributed by atoms with Gasteiger partial charge in [-0.1, -0.05) is 35.4 Å². The number of anilines is 1. The predicted octanol–water partition coefficient (Wildman–Crippen LogP) is 4.03. The molecular weight excluding hydrogens is 404 g/mol. The van der Waals surface area contributed by atoms with Crippen LogP contribution in [0.2, 0.25) is 0 Å². The lowest BCUT2D eigenvalue weighted by atomic mass is 9.85. The van der Waals surface area contributed by atoms with E-state index in [0.29, 0.717) is 12.6 Å². The predicted molar refractivity (Wildman–Crippen MR) is 118 cm³/mol. The molecule has 8 heteroatoms. The number of hydrogen-bond acceptors (Lipinski definition) is 7. The summed E-state index contributed by atoms with van der Waals surface area (Å²) in [7, 11) is 0. The van der Waals surface area contributed by atoms with Gasteiger partial charge in [0, 0.05) is 23.5 Å². The van der Waals surface area contributed by atoms with Crippen LogP contribution in [0.15, 0.2) is 78.6 Å². The zero-order valence-electron chi connectivity index (χ0n) is 17.3. The van der Waals surface area contributed by atoms with E-state index in [1.165, 1.54) is 0 Å². The lowest BCUT2D eigenvalue weighted by Crippen LogP contribution is -2.32. The third kappa shape index (κ3) is 2.91. The van der Waals surface area contributed by atoms with Crippen molar-refractivity contribution in [2.45, 2.75) is 19.1 Å². The molecule has 0 unspecified atom stereocenters. The Morgan fingerprint density at radius 3 is 2.72 bits per heavy atom. The molecule has 0 saturated heterocycles. The maximum Gasteiger partial charge on any atom is 0.248 e. The molecule has 4 heterocycles. The van der Waals surface area contributed by atoms with Gasteiger partial charge in [0.05, 0.1) is 12.3 Å². The number of nitrogens with one attached hydrogen (secondary N) is 1. The van der Waals surface area contributed by atoms with Crippen LogP contribution in [0.4, 0.5) is 5.95 Å². The molecule has 2 aromatic carbocycles. The standard InChI is InChI=1S/C24H20N6O2/c1-2-31-17-11-9-15(10-12-17)23-20-21(18-7-3-4-8-19(18)32-23)26-24-27-28-29-30(24)22(20)16-6-5-13-25-14-16/h3-14,22-23H,2H2,1H3,(H,26,27,29)/t22-,23-/m0/s1. The van der Waals surface area contributed by atoms with E-state index < -0.39 is 0 Å². The van der Waals surface area contributed by atoms with Crippen molar-refractivity contribution in [2.24, 2.45) is 0 Å². The van der Waals surface area contributed by atoms with Gasteiger partial charge in [0.25, 0.3) is 0 Å². The molecule has 32 heavy (non-hydrogen) atoms. The molecule has 0 bridgehead atoms. The van der Waals surface area contributed by atoms with E-state index in [1.54, 1.807) is 10.9 Å². The number of para-hydroxylation sites is 1. The zero-order valence-corrected chi connectivity index (χ0v) is 17.3. The molecule has 0 amide bonds. The van der Waals surface area contributed by atoms with E-state index in [4.69, 9.17) is 9.47 Å². The molecule has 0 spiro atoms. The Hall–Kier alpha value is -4.20. The largest absolute Gasteiger partial charge is 0.494 e. The number of benzene rings is 2. The molecule has 2 aliphatic heterocycles. The van der Waals surface area contributed by atoms with Crippen LogP contribution >= 0.6 is 0 Å². The summed E-state index contributed by atoms with van der Waals surface area (Å²) in [4.78, 5) is 4.35. The van der Waals surface area contributed by atoms with E-state index >= 15 is 0 Å². The highest BCUT2D eigenvalue weighted by Gasteiger charge is 2.41. The summed E-state index contributed by atoms with van der Waals surface area (Å²) in [6.07, 6.45) is 3.27. The van der Waals surface area contributed by atoms with Gasteiger partial charge < -0.3 is 14.8 Å². The van der Waals surface area contributed by atoms with Gasteiger partial charge in [0.1, 0.15) is 23.6 Å². The Morgan fingerprint density at radius 1 is 1.03 bits per heavy atom. The number of nitrogens with zero attached hydrogens (tertiary/aromatic N) is 5. The number of fused-ring (bicyclic) bond motifs is 3. The van der Waals surface area contributed by atoms with E-state index in [9.17, 15) is 0 Å². The van der Waals surface area contributed by atoms with Crippen molar-refractivity contribution < 1.29 is 9.47 Å². The summed E-state index contributed by atoms with van der Waals surface area (Å²) in [6, 6.07) is 19.7. The number of aromatic nitrogens is 5. The van der Waals surface area contributed by atoms with Crippen LogP contribution in [0.25, 0.3) is 5.70 Å². The van der Waals surface area contributed by atoms with Crippen molar-refractivity contribution in [1.29, 1.82) is 0 Å².